The number of hydrogen-bond acceptors (Lipinski definition) is 3. The van der Waals surface area contributed by atoms with Crippen molar-refractivity contribution in [1.82, 2.24) is 0 Å². The van der Waals surface area contributed by atoms with Gasteiger partial charge in [0.05, 0.1) is 0 Å². The number of fused-ring (bicyclic) bond motifs is 1. The van der Waals surface area contributed by atoms with E-state index in [1.807, 2.05) is 23.5 Å². The molecule has 0 amide bonds. The molecule has 1 saturated heterocycles. The third-order valence-electron chi connectivity index (χ3n) is 3.42. The zero-order valence-electron chi connectivity index (χ0n) is 10.2. The molecule has 0 aromatic heterocycles. The summed E-state index contributed by atoms with van der Waals surface area (Å²) in [5.74, 6) is 3.67. The molecule has 1 aliphatic heterocycles. The van der Waals surface area contributed by atoms with Crippen molar-refractivity contribution in [1.29, 1.82) is 0 Å². The third-order valence-corrected chi connectivity index (χ3v) is 6.31. The number of hydrogen-bond donors (Lipinski definition) is 1. The van der Waals surface area contributed by atoms with Crippen molar-refractivity contribution in [3.05, 3.63) is 48.0 Å². The first-order valence-corrected chi connectivity index (χ1v) is 8.49. The quantitative estimate of drug-likeness (QED) is 0.905. The molecule has 18 heavy (non-hydrogen) atoms. The molecule has 2 aromatic carbocycles. The molecule has 2 unspecified atom stereocenters. The van der Waals surface area contributed by atoms with Gasteiger partial charge in [-0.2, -0.15) is 23.5 Å². The molecule has 2 atom stereocenters. The largest absolute Gasteiger partial charge is 0.323 e. The fourth-order valence-corrected chi connectivity index (χ4v) is 5.25. The average Bonchev–Trinajstić information content (AvgIpc) is 2.47. The number of rotatable bonds is 2. The van der Waals surface area contributed by atoms with E-state index >= 15 is 0 Å². The number of benzene rings is 2. The van der Waals surface area contributed by atoms with E-state index in [9.17, 15) is 0 Å². The minimum absolute atomic E-state index is 0.147. The molecule has 3 rings (SSSR count). The van der Waals surface area contributed by atoms with Crippen LogP contribution in [0.1, 0.15) is 11.6 Å². The van der Waals surface area contributed by atoms with E-state index in [0.717, 1.165) is 0 Å². The fourth-order valence-electron chi connectivity index (χ4n) is 2.45. The molecule has 94 valence electrons. The predicted octanol–water partition coefficient (Wildman–Crippen LogP) is 3.69. The van der Waals surface area contributed by atoms with Crippen molar-refractivity contribution < 1.29 is 0 Å². The molecule has 0 radical (unpaired) electrons. The van der Waals surface area contributed by atoms with Gasteiger partial charge in [0.2, 0.25) is 0 Å². The van der Waals surface area contributed by atoms with Crippen molar-refractivity contribution in [2.75, 3.05) is 17.3 Å². The van der Waals surface area contributed by atoms with Gasteiger partial charge in [0.25, 0.3) is 0 Å². The van der Waals surface area contributed by atoms with Gasteiger partial charge in [-0.05, 0) is 16.3 Å². The van der Waals surface area contributed by atoms with Gasteiger partial charge < -0.3 is 5.73 Å². The van der Waals surface area contributed by atoms with Crippen molar-refractivity contribution in [2.45, 2.75) is 11.3 Å². The molecule has 0 bridgehead atoms. The molecule has 2 aromatic rings. The van der Waals surface area contributed by atoms with Gasteiger partial charge in [-0.15, -0.1) is 0 Å². The van der Waals surface area contributed by atoms with E-state index in [-0.39, 0.29) is 6.04 Å². The number of nitrogens with two attached hydrogens (primary N) is 1. The van der Waals surface area contributed by atoms with E-state index in [1.165, 1.54) is 33.6 Å². The SMILES string of the molecule is NC(c1cccc2ccccc12)C1CSCCS1. The fraction of sp³-hybridized carbons (Fsp3) is 0.333. The van der Waals surface area contributed by atoms with Crippen LogP contribution < -0.4 is 5.73 Å². The van der Waals surface area contributed by atoms with Gasteiger partial charge in [-0.25, -0.2) is 0 Å². The Morgan fingerprint density at radius 1 is 1.06 bits per heavy atom. The lowest BCUT2D eigenvalue weighted by atomic mass is 9.97. The summed E-state index contributed by atoms with van der Waals surface area (Å²) in [5.41, 5.74) is 7.80. The van der Waals surface area contributed by atoms with Crippen molar-refractivity contribution in [3.63, 3.8) is 0 Å². The van der Waals surface area contributed by atoms with Crippen LogP contribution in [0.4, 0.5) is 0 Å². The highest BCUT2D eigenvalue weighted by atomic mass is 32.2. The van der Waals surface area contributed by atoms with Crippen LogP contribution in [0.3, 0.4) is 0 Å². The molecular weight excluding hydrogens is 258 g/mol. The van der Waals surface area contributed by atoms with Crippen LogP contribution in [-0.2, 0) is 0 Å². The van der Waals surface area contributed by atoms with Crippen LogP contribution in [0.25, 0.3) is 10.8 Å². The van der Waals surface area contributed by atoms with Gasteiger partial charge in [-0.3, -0.25) is 0 Å². The second-order valence-corrected chi connectivity index (χ2v) is 7.08. The summed E-state index contributed by atoms with van der Waals surface area (Å²) in [4.78, 5) is 0. The minimum Gasteiger partial charge on any atom is -0.323 e. The highest BCUT2D eigenvalue weighted by Crippen LogP contribution is 2.34. The maximum atomic E-state index is 6.50. The summed E-state index contributed by atoms with van der Waals surface area (Å²) < 4.78 is 0. The summed E-state index contributed by atoms with van der Waals surface area (Å²) >= 11 is 4.06. The first kappa shape index (κ1) is 12.4. The van der Waals surface area contributed by atoms with Crippen LogP contribution in [0.15, 0.2) is 42.5 Å². The maximum absolute atomic E-state index is 6.50. The van der Waals surface area contributed by atoms with Crippen LogP contribution in [0.2, 0.25) is 0 Å². The van der Waals surface area contributed by atoms with Crippen molar-refractivity contribution in [2.24, 2.45) is 5.73 Å². The molecule has 0 spiro atoms. The molecule has 1 heterocycles. The van der Waals surface area contributed by atoms with E-state index in [0.29, 0.717) is 5.25 Å². The van der Waals surface area contributed by atoms with Gasteiger partial charge >= 0.3 is 0 Å². The maximum Gasteiger partial charge on any atom is 0.0429 e. The Hall–Kier alpha value is -0.640. The second-order valence-electron chi connectivity index (χ2n) is 4.58. The Balaban J connectivity index is 1.97. The van der Waals surface area contributed by atoms with Crippen LogP contribution in [0, 0.1) is 0 Å². The number of thioether (sulfide) groups is 2. The highest BCUT2D eigenvalue weighted by Gasteiger charge is 2.23. The first-order valence-electron chi connectivity index (χ1n) is 6.29. The Kier molecular flexibility index (Phi) is 3.83. The topological polar surface area (TPSA) is 26.0 Å². The monoisotopic (exact) mass is 275 g/mol. The van der Waals surface area contributed by atoms with Gasteiger partial charge in [0.1, 0.15) is 0 Å². The molecule has 0 aliphatic carbocycles. The highest BCUT2D eigenvalue weighted by molar-refractivity contribution is 8.06. The van der Waals surface area contributed by atoms with Gasteiger partial charge in [0.15, 0.2) is 0 Å². The second kappa shape index (κ2) is 5.55. The Labute approximate surface area is 117 Å². The van der Waals surface area contributed by atoms with Crippen LogP contribution in [0.5, 0.6) is 0 Å². The first-order chi connectivity index (χ1) is 8.86. The van der Waals surface area contributed by atoms with E-state index < -0.39 is 0 Å². The smallest absolute Gasteiger partial charge is 0.0429 e. The molecule has 0 saturated carbocycles. The van der Waals surface area contributed by atoms with E-state index in [4.69, 9.17) is 5.73 Å². The lowest BCUT2D eigenvalue weighted by Gasteiger charge is -2.27. The van der Waals surface area contributed by atoms with Crippen LogP contribution in [-0.4, -0.2) is 22.5 Å². The molecule has 1 nitrogen and oxygen atoms in total. The molecule has 2 N–H and O–H groups in total. The van der Waals surface area contributed by atoms with E-state index in [1.54, 1.807) is 0 Å². The average molecular weight is 275 g/mol. The van der Waals surface area contributed by atoms with Crippen molar-refractivity contribution >= 4 is 34.3 Å². The third kappa shape index (κ3) is 2.40. The normalized spacial score (nSPS) is 21.9. The Bertz CT molecular complexity index is 530. The predicted molar refractivity (Wildman–Crippen MR) is 84.4 cm³/mol. The lowest BCUT2D eigenvalue weighted by Crippen LogP contribution is -2.28. The lowest BCUT2D eigenvalue weighted by molar-refractivity contribution is 0.725. The zero-order valence-corrected chi connectivity index (χ0v) is 11.8. The van der Waals surface area contributed by atoms with Crippen molar-refractivity contribution in [3.8, 4) is 0 Å². The molecule has 1 fully saturated rings. The molecular formula is C15H17NS2. The summed E-state index contributed by atoms with van der Waals surface area (Å²) in [6, 6.07) is 15.2. The molecule has 3 heteroatoms. The standard InChI is InChI=1S/C15H17NS2/c16-15(14-10-17-8-9-18-14)13-7-3-5-11-4-1-2-6-12(11)13/h1-7,14-15H,8-10,16H2. The zero-order chi connectivity index (χ0) is 12.4. The summed E-state index contributed by atoms with van der Waals surface area (Å²) in [6.45, 7) is 0. The van der Waals surface area contributed by atoms with Gasteiger partial charge in [0, 0.05) is 28.6 Å². The van der Waals surface area contributed by atoms with E-state index in [2.05, 4.69) is 42.5 Å². The van der Waals surface area contributed by atoms with Gasteiger partial charge in [-0.1, -0.05) is 42.5 Å². The molecule has 1 aliphatic rings. The summed E-state index contributed by atoms with van der Waals surface area (Å²) in [6.07, 6.45) is 0. The Morgan fingerprint density at radius 2 is 1.89 bits per heavy atom. The summed E-state index contributed by atoms with van der Waals surface area (Å²) in [7, 11) is 0. The van der Waals surface area contributed by atoms with Crippen LogP contribution >= 0.6 is 23.5 Å². The minimum atomic E-state index is 0.147. The summed E-state index contributed by atoms with van der Waals surface area (Å²) in [5, 5.41) is 3.15. The Morgan fingerprint density at radius 3 is 2.72 bits per heavy atom.